The highest BCUT2D eigenvalue weighted by Gasteiger charge is 2.33. The van der Waals surface area contributed by atoms with E-state index in [1.165, 1.54) is 13.8 Å². The molecule has 0 radical (unpaired) electrons. The summed E-state index contributed by atoms with van der Waals surface area (Å²) in [7, 11) is 0. The van der Waals surface area contributed by atoms with Crippen LogP contribution in [-0.2, 0) is 14.4 Å². The van der Waals surface area contributed by atoms with E-state index in [1.807, 2.05) is 0 Å². The van der Waals surface area contributed by atoms with Gasteiger partial charge in [-0.2, -0.15) is 0 Å². The molecule has 1 atom stereocenters. The predicted octanol–water partition coefficient (Wildman–Crippen LogP) is 1.71. The minimum atomic E-state index is -0.338. The first-order valence-electron chi connectivity index (χ1n) is 6.16. The number of nitrogens with zero attached hydrogens (tertiary/aromatic N) is 2. The minimum absolute atomic E-state index is 0.133. The van der Waals surface area contributed by atoms with Gasteiger partial charge in [0.2, 0.25) is 17.7 Å². The maximum Gasteiger partial charge on any atom is 0.235 e. The lowest BCUT2D eigenvalue weighted by Gasteiger charge is -2.26. The van der Waals surface area contributed by atoms with Gasteiger partial charge in [0.05, 0.1) is 11.4 Å². The van der Waals surface area contributed by atoms with Gasteiger partial charge >= 0.3 is 0 Å². The molecule has 19 heavy (non-hydrogen) atoms. The smallest absolute Gasteiger partial charge is 0.235 e. The summed E-state index contributed by atoms with van der Waals surface area (Å²) in [6.45, 7) is 4.61. The molecule has 0 bridgehead atoms. The molecule has 2 rings (SSSR count). The van der Waals surface area contributed by atoms with Crippen LogP contribution in [0.25, 0.3) is 0 Å². The molecule has 0 aliphatic carbocycles. The number of rotatable bonds is 0. The van der Waals surface area contributed by atoms with Crippen LogP contribution in [0.2, 0.25) is 0 Å². The molecule has 5 nitrogen and oxygen atoms in total. The van der Waals surface area contributed by atoms with Crippen molar-refractivity contribution < 1.29 is 14.4 Å². The Morgan fingerprint density at radius 1 is 1.11 bits per heavy atom. The number of imide groups is 1. The first-order chi connectivity index (χ1) is 8.93. The number of carbonyl (C=O) groups is 3. The quantitative estimate of drug-likeness (QED) is 0.713. The van der Waals surface area contributed by atoms with E-state index in [0.717, 1.165) is 4.90 Å². The number of carbonyl (C=O) groups excluding carboxylic acids is 3. The van der Waals surface area contributed by atoms with Crippen LogP contribution >= 0.6 is 0 Å². The van der Waals surface area contributed by atoms with Crippen molar-refractivity contribution in [3.63, 3.8) is 0 Å². The maximum atomic E-state index is 12.2. The van der Waals surface area contributed by atoms with Crippen molar-refractivity contribution in [2.45, 2.75) is 33.2 Å². The number of amides is 3. The van der Waals surface area contributed by atoms with Crippen molar-refractivity contribution in [1.82, 2.24) is 0 Å². The standard InChI is InChI=1S/C14H16N2O3/c1-9-8-14(19)16(11(3)18)13-7-5-4-6-12(13)15(9)10(2)17/h4-7,9H,8H2,1-3H3/t9-/m0/s1. The third kappa shape index (κ3) is 2.23. The Labute approximate surface area is 111 Å². The Balaban J connectivity index is 2.66. The number of hydrogen-bond donors (Lipinski definition) is 0. The first kappa shape index (κ1) is 13.3. The first-order valence-corrected chi connectivity index (χ1v) is 6.16. The minimum Gasteiger partial charge on any atom is -0.307 e. The van der Waals surface area contributed by atoms with Crippen molar-refractivity contribution in [3.05, 3.63) is 24.3 Å². The molecule has 0 unspecified atom stereocenters. The molecule has 1 heterocycles. The zero-order chi connectivity index (χ0) is 14.2. The summed E-state index contributed by atoms with van der Waals surface area (Å²) in [6, 6.07) is 6.70. The zero-order valence-electron chi connectivity index (χ0n) is 11.2. The van der Waals surface area contributed by atoms with Gasteiger partial charge in [0.1, 0.15) is 0 Å². The van der Waals surface area contributed by atoms with Crippen LogP contribution in [0.5, 0.6) is 0 Å². The van der Waals surface area contributed by atoms with E-state index >= 15 is 0 Å². The average Bonchev–Trinajstić information content (AvgIpc) is 2.40. The fourth-order valence-electron chi connectivity index (χ4n) is 2.49. The largest absolute Gasteiger partial charge is 0.307 e. The van der Waals surface area contributed by atoms with E-state index in [9.17, 15) is 14.4 Å². The van der Waals surface area contributed by atoms with Gasteiger partial charge in [-0.25, -0.2) is 4.90 Å². The van der Waals surface area contributed by atoms with Crippen molar-refractivity contribution >= 4 is 29.1 Å². The van der Waals surface area contributed by atoms with Crippen LogP contribution in [-0.4, -0.2) is 23.8 Å². The lowest BCUT2D eigenvalue weighted by molar-refractivity contribution is -0.125. The highest BCUT2D eigenvalue weighted by molar-refractivity contribution is 6.18. The number of benzene rings is 1. The topological polar surface area (TPSA) is 57.7 Å². The lowest BCUT2D eigenvalue weighted by atomic mass is 10.2. The maximum absolute atomic E-state index is 12.2. The molecule has 0 fully saturated rings. The number of fused-ring (bicyclic) bond motifs is 1. The Morgan fingerprint density at radius 2 is 1.68 bits per heavy atom. The van der Waals surface area contributed by atoms with Gasteiger partial charge in [-0.3, -0.25) is 14.4 Å². The van der Waals surface area contributed by atoms with Crippen LogP contribution in [0.3, 0.4) is 0 Å². The molecule has 1 aliphatic heterocycles. The molecule has 0 N–H and O–H groups in total. The molecule has 0 aromatic heterocycles. The second-order valence-corrected chi connectivity index (χ2v) is 4.68. The van der Waals surface area contributed by atoms with Crippen LogP contribution in [0.4, 0.5) is 11.4 Å². The summed E-state index contributed by atoms with van der Waals surface area (Å²) in [5.74, 6) is -0.760. The molecular weight excluding hydrogens is 244 g/mol. The number of hydrogen-bond acceptors (Lipinski definition) is 3. The lowest BCUT2D eigenvalue weighted by Crippen LogP contribution is -2.38. The van der Waals surface area contributed by atoms with Crippen molar-refractivity contribution in [2.75, 3.05) is 9.80 Å². The van der Waals surface area contributed by atoms with Gasteiger partial charge in [0.25, 0.3) is 0 Å². The van der Waals surface area contributed by atoms with Gasteiger partial charge in [0, 0.05) is 26.3 Å². The van der Waals surface area contributed by atoms with Crippen molar-refractivity contribution in [3.8, 4) is 0 Å². The van der Waals surface area contributed by atoms with Gasteiger partial charge in [0.15, 0.2) is 0 Å². The Bertz CT molecular complexity index is 553. The molecular formula is C14H16N2O3. The Morgan fingerprint density at radius 3 is 2.21 bits per heavy atom. The third-order valence-corrected chi connectivity index (χ3v) is 3.20. The van der Waals surface area contributed by atoms with E-state index < -0.39 is 0 Å². The summed E-state index contributed by atoms with van der Waals surface area (Å²) in [6.07, 6.45) is 0.133. The highest BCUT2D eigenvalue weighted by Crippen LogP contribution is 2.35. The van der Waals surface area contributed by atoms with E-state index in [2.05, 4.69) is 0 Å². The summed E-state index contributed by atoms with van der Waals surface area (Å²) in [4.78, 5) is 38.4. The van der Waals surface area contributed by atoms with E-state index in [4.69, 9.17) is 0 Å². The molecule has 5 heteroatoms. The van der Waals surface area contributed by atoms with Crippen LogP contribution in [0.1, 0.15) is 27.2 Å². The summed E-state index contributed by atoms with van der Waals surface area (Å²) >= 11 is 0. The second kappa shape index (κ2) is 4.84. The monoisotopic (exact) mass is 260 g/mol. The molecule has 0 saturated carbocycles. The molecule has 0 saturated heterocycles. The molecule has 1 aliphatic rings. The van der Waals surface area contributed by atoms with Crippen molar-refractivity contribution in [1.29, 1.82) is 0 Å². The van der Waals surface area contributed by atoms with Crippen molar-refractivity contribution in [2.24, 2.45) is 0 Å². The zero-order valence-corrected chi connectivity index (χ0v) is 11.2. The molecule has 1 aromatic rings. The Kier molecular flexibility index (Phi) is 3.38. The summed E-state index contributed by atoms with van der Waals surface area (Å²) in [5.41, 5.74) is 1.07. The Hall–Kier alpha value is -2.17. The van der Waals surface area contributed by atoms with E-state index in [0.29, 0.717) is 11.4 Å². The predicted molar refractivity (Wildman–Crippen MR) is 71.8 cm³/mol. The van der Waals surface area contributed by atoms with E-state index in [-0.39, 0.29) is 30.2 Å². The highest BCUT2D eigenvalue weighted by atomic mass is 16.2. The third-order valence-electron chi connectivity index (χ3n) is 3.20. The second-order valence-electron chi connectivity index (χ2n) is 4.68. The van der Waals surface area contributed by atoms with Crippen LogP contribution in [0, 0.1) is 0 Å². The molecule has 1 aromatic carbocycles. The number of anilines is 2. The van der Waals surface area contributed by atoms with Gasteiger partial charge < -0.3 is 4.90 Å². The molecule has 3 amide bonds. The molecule has 100 valence electrons. The number of para-hydroxylation sites is 2. The van der Waals surface area contributed by atoms with Crippen LogP contribution < -0.4 is 9.80 Å². The van der Waals surface area contributed by atoms with Gasteiger partial charge in [-0.1, -0.05) is 12.1 Å². The van der Waals surface area contributed by atoms with Gasteiger partial charge in [-0.15, -0.1) is 0 Å². The normalized spacial score (nSPS) is 18.9. The average molecular weight is 260 g/mol. The van der Waals surface area contributed by atoms with Crippen LogP contribution in [0.15, 0.2) is 24.3 Å². The van der Waals surface area contributed by atoms with Gasteiger partial charge in [-0.05, 0) is 19.1 Å². The molecule has 0 spiro atoms. The fourth-order valence-corrected chi connectivity index (χ4v) is 2.49. The summed E-state index contributed by atoms with van der Waals surface area (Å²) < 4.78 is 0. The van der Waals surface area contributed by atoms with E-state index in [1.54, 1.807) is 36.1 Å². The fraction of sp³-hybridized carbons (Fsp3) is 0.357. The SMILES string of the molecule is CC(=O)N1C(=O)C[C@H](C)N(C(C)=O)c2ccccc21. The summed E-state index contributed by atoms with van der Waals surface area (Å²) in [5, 5.41) is 0.